The van der Waals surface area contributed by atoms with E-state index >= 15 is 0 Å². The fourth-order valence-electron chi connectivity index (χ4n) is 7.18. The molecule has 2 saturated heterocycles. The standard InChI is InChI=1S/C37H39N9O4S/c1-51(49,50)37(36(48)41-28-7-10-31-30(22-28)34(43-42-31)27-11-15-38-32(21-27)25-3-4-25)12-16-44(24-37)23-33(47)46-19-17-45(18-20-46)29-8-5-26(6-9-29)35-39-13-2-14-40-35/h2,5-11,13-15,21-22,25H,3-4,12,16-20,23-24H2,1H3,(H,41,48)(H,42,43)/t37-/m0/s1. The maximum atomic E-state index is 13.9. The van der Waals surface area contributed by atoms with Crippen LogP contribution in [-0.4, -0.2) is 112 Å². The number of rotatable bonds is 9. The summed E-state index contributed by atoms with van der Waals surface area (Å²) in [4.78, 5) is 46.3. The van der Waals surface area contributed by atoms with Crippen LogP contribution in [-0.2, 0) is 19.4 Å². The monoisotopic (exact) mass is 705 g/mol. The van der Waals surface area contributed by atoms with Crippen LogP contribution in [0, 0.1) is 0 Å². The maximum Gasteiger partial charge on any atom is 0.247 e. The Hall–Kier alpha value is -5.21. The lowest BCUT2D eigenvalue weighted by atomic mass is 10.1. The van der Waals surface area contributed by atoms with Crippen molar-refractivity contribution < 1.29 is 18.0 Å². The molecule has 2 aromatic carbocycles. The highest BCUT2D eigenvalue weighted by Gasteiger charge is 2.53. The molecule has 2 amide bonds. The van der Waals surface area contributed by atoms with Crippen molar-refractivity contribution in [2.24, 2.45) is 0 Å². The summed E-state index contributed by atoms with van der Waals surface area (Å²) in [6.07, 6.45) is 8.72. The first-order chi connectivity index (χ1) is 24.7. The second-order valence-corrected chi connectivity index (χ2v) is 16.1. The Bertz CT molecular complexity index is 2200. The number of amides is 2. The fraction of sp³-hybridized carbons (Fsp3) is 0.351. The van der Waals surface area contributed by atoms with E-state index < -0.39 is 20.5 Å². The summed E-state index contributed by atoms with van der Waals surface area (Å²) >= 11 is 0. The number of benzene rings is 2. The SMILES string of the molecule is CS(=O)(=O)[C@@]1(C(=O)Nc2ccc3[nH]nc(-c4ccnc(C5CC5)c4)c3c2)CCN(CC(=O)N2CCN(c3ccc(-c4ncccn4)cc3)CC2)C1. The number of hydrogen-bond donors (Lipinski definition) is 2. The van der Waals surface area contributed by atoms with Crippen LogP contribution in [0.25, 0.3) is 33.5 Å². The largest absolute Gasteiger partial charge is 0.368 e. The zero-order valence-electron chi connectivity index (χ0n) is 28.3. The number of nitrogens with zero attached hydrogens (tertiary/aromatic N) is 7. The summed E-state index contributed by atoms with van der Waals surface area (Å²) in [5, 5.41) is 11.3. The van der Waals surface area contributed by atoms with Gasteiger partial charge in [0.15, 0.2) is 20.4 Å². The highest BCUT2D eigenvalue weighted by molar-refractivity contribution is 7.93. The molecule has 1 aliphatic carbocycles. The molecule has 5 heterocycles. The Morgan fingerprint density at radius 1 is 0.902 bits per heavy atom. The number of nitrogens with one attached hydrogen (secondary N) is 2. The Balaban J connectivity index is 0.905. The van der Waals surface area contributed by atoms with Crippen LogP contribution >= 0.6 is 0 Å². The van der Waals surface area contributed by atoms with Gasteiger partial charge in [-0.25, -0.2) is 18.4 Å². The van der Waals surface area contributed by atoms with Crippen molar-refractivity contribution in [2.75, 3.05) is 62.3 Å². The zero-order chi connectivity index (χ0) is 35.2. The third kappa shape index (κ3) is 6.56. The summed E-state index contributed by atoms with van der Waals surface area (Å²) in [6, 6.07) is 19.2. The fourth-order valence-corrected chi connectivity index (χ4v) is 8.45. The predicted molar refractivity (Wildman–Crippen MR) is 195 cm³/mol. The van der Waals surface area contributed by atoms with Gasteiger partial charge in [-0.2, -0.15) is 5.10 Å². The average Bonchev–Trinajstić information content (AvgIpc) is 3.77. The topological polar surface area (TPSA) is 157 Å². The molecule has 3 aromatic heterocycles. The molecular formula is C37H39N9O4S. The first-order valence-corrected chi connectivity index (χ1v) is 19.1. The van der Waals surface area contributed by atoms with Crippen molar-refractivity contribution in [3.05, 3.63) is 84.9 Å². The molecule has 14 heteroatoms. The number of sulfone groups is 1. The van der Waals surface area contributed by atoms with Crippen molar-refractivity contribution in [3.8, 4) is 22.6 Å². The Kier molecular flexibility index (Phi) is 8.51. The third-order valence-corrected chi connectivity index (χ3v) is 12.3. The molecule has 262 valence electrons. The van der Waals surface area contributed by atoms with Gasteiger partial charge in [0.05, 0.1) is 12.1 Å². The predicted octanol–water partition coefficient (Wildman–Crippen LogP) is 3.74. The van der Waals surface area contributed by atoms with Gasteiger partial charge < -0.3 is 15.1 Å². The van der Waals surface area contributed by atoms with Gasteiger partial charge in [0.25, 0.3) is 0 Å². The zero-order valence-corrected chi connectivity index (χ0v) is 29.1. The minimum atomic E-state index is -3.84. The molecule has 2 N–H and O–H groups in total. The number of aromatic amines is 1. The van der Waals surface area contributed by atoms with E-state index in [1.54, 1.807) is 35.6 Å². The van der Waals surface area contributed by atoms with Gasteiger partial charge in [0, 0.05) is 104 Å². The molecule has 0 spiro atoms. The number of piperazine rings is 1. The van der Waals surface area contributed by atoms with Crippen molar-refractivity contribution in [2.45, 2.75) is 29.9 Å². The lowest BCUT2D eigenvalue weighted by Crippen LogP contribution is -2.53. The van der Waals surface area contributed by atoms with E-state index in [0.29, 0.717) is 50.2 Å². The molecule has 2 aliphatic heterocycles. The van der Waals surface area contributed by atoms with Crippen molar-refractivity contribution in [1.82, 2.24) is 34.9 Å². The summed E-state index contributed by atoms with van der Waals surface area (Å²) < 4.78 is 24.9. The van der Waals surface area contributed by atoms with Crippen LogP contribution in [0.3, 0.4) is 0 Å². The van der Waals surface area contributed by atoms with Gasteiger partial charge in [-0.15, -0.1) is 0 Å². The molecule has 3 fully saturated rings. The number of likely N-dealkylation sites (tertiary alicyclic amines) is 1. The molecule has 3 aliphatic rings. The molecule has 0 bridgehead atoms. The number of carbonyl (C=O) groups is 2. The minimum absolute atomic E-state index is 0.0510. The normalized spacial score (nSPS) is 19.8. The molecule has 51 heavy (non-hydrogen) atoms. The Morgan fingerprint density at radius 3 is 2.39 bits per heavy atom. The van der Waals surface area contributed by atoms with Crippen LogP contribution in [0.15, 0.2) is 79.3 Å². The van der Waals surface area contributed by atoms with Crippen LogP contribution in [0.2, 0.25) is 0 Å². The lowest BCUT2D eigenvalue weighted by molar-refractivity contribution is -0.132. The van der Waals surface area contributed by atoms with Gasteiger partial charge >= 0.3 is 0 Å². The molecule has 5 aromatic rings. The Morgan fingerprint density at radius 2 is 1.67 bits per heavy atom. The minimum Gasteiger partial charge on any atom is -0.368 e. The van der Waals surface area contributed by atoms with Gasteiger partial charge in [-0.1, -0.05) is 0 Å². The molecule has 13 nitrogen and oxygen atoms in total. The summed E-state index contributed by atoms with van der Waals surface area (Å²) in [7, 11) is -3.84. The molecule has 0 unspecified atom stereocenters. The molecular weight excluding hydrogens is 667 g/mol. The Labute approximate surface area is 296 Å². The van der Waals surface area contributed by atoms with Gasteiger partial charge in [0.2, 0.25) is 11.8 Å². The van der Waals surface area contributed by atoms with Crippen LogP contribution in [0.4, 0.5) is 11.4 Å². The van der Waals surface area contributed by atoms with Crippen molar-refractivity contribution in [1.29, 1.82) is 0 Å². The summed E-state index contributed by atoms with van der Waals surface area (Å²) in [6.45, 7) is 2.76. The lowest BCUT2D eigenvalue weighted by Gasteiger charge is -2.37. The van der Waals surface area contributed by atoms with E-state index in [9.17, 15) is 18.0 Å². The van der Waals surface area contributed by atoms with Crippen LogP contribution < -0.4 is 10.2 Å². The first-order valence-electron chi connectivity index (χ1n) is 17.2. The molecule has 0 radical (unpaired) electrons. The number of anilines is 2. The first kappa shape index (κ1) is 33.0. The van der Waals surface area contributed by atoms with E-state index in [4.69, 9.17) is 0 Å². The highest BCUT2D eigenvalue weighted by Crippen LogP contribution is 2.40. The second kappa shape index (κ2) is 13.2. The number of carbonyl (C=O) groups excluding carboxylic acids is 2. The van der Waals surface area contributed by atoms with E-state index in [-0.39, 0.29) is 25.4 Å². The van der Waals surface area contributed by atoms with Gasteiger partial charge in [-0.05, 0) is 79.9 Å². The molecule has 8 rings (SSSR count). The quantitative estimate of drug-likeness (QED) is 0.232. The number of pyridine rings is 1. The van der Waals surface area contributed by atoms with Crippen LogP contribution in [0.5, 0.6) is 0 Å². The molecule has 1 saturated carbocycles. The summed E-state index contributed by atoms with van der Waals surface area (Å²) in [5.74, 6) is 0.499. The van der Waals surface area contributed by atoms with Crippen molar-refractivity contribution in [3.63, 3.8) is 0 Å². The summed E-state index contributed by atoms with van der Waals surface area (Å²) in [5.41, 5.74) is 6.00. The number of fused-ring (bicyclic) bond motifs is 1. The van der Waals surface area contributed by atoms with E-state index in [0.717, 1.165) is 58.2 Å². The molecule has 1 atom stereocenters. The van der Waals surface area contributed by atoms with Gasteiger partial charge in [0.1, 0.15) is 5.69 Å². The maximum absolute atomic E-state index is 13.9. The van der Waals surface area contributed by atoms with Crippen LogP contribution in [0.1, 0.15) is 30.9 Å². The average molecular weight is 706 g/mol. The number of hydrogen-bond acceptors (Lipinski definition) is 10. The van der Waals surface area contributed by atoms with Gasteiger partial charge in [-0.3, -0.25) is 24.6 Å². The third-order valence-electron chi connectivity index (χ3n) is 10.4. The second-order valence-electron chi connectivity index (χ2n) is 13.7. The van der Waals surface area contributed by atoms with Crippen molar-refractivity contribution >= 4 is 43.9 Å². The number of H-pyrrole nitrogens is 1. The van der Waals surface area contributed by atoms with E-state index in [1.807, 2.05) is 47.4 Å². The number of aromatic nitrogens is 5. The van der Waals surface area contributed by atoms with E-state index in [1.165, 1.54) is 0 Å². The highest BCUT2D eigenvalue weighted by atomic mass is 32.2. The van der Waals surface area contributed by atoms with E-state index in [2.05, 4.69) is 41.4 Å². The smallest absolute Gasteiger partial charge is 0.247 e.